The second-order valence-corrected chi connectivity index (χ2v) is 21.1. The van der Waals surface area contributed by atoms with Crippen molar-refractivity contribution in [2.75, 3.05) is 37.9 Å². The van der Waals surface area contributed by atoms with Gasteiger partial charge in [0.2, 0.25) is 0 Å². The number of fused-ring (bicyclic) bond motifs is 8. The van der Waals surface area contributed by atoms with Gasteiger partial charge in [-0.15, -0.1) is 0 Å². The lowest BCUT2D eigenvalue weighted by Crippen LogP contribution is -2.04. The van der Waals surface area contributed by atoms with Crippen LogP contribution in [-0.4, -0.2) is 46.4 Å². The summed E-state index contributed by atoms with van der Waals surface area (Å²) in [4.78, 5) is 18.9. The number of H-pyrrole nitrogens is 2. The standard InChI is InChI=1S/C72H80N6O4/c1-5-9-13-17-47-79-65-23-21-24-66(80-48-18-14-10-6-2)71(65)69-61-43-39-57(75-61)55(37-31-51-27-33-53(73)34-28-51)59-41-45-63(77-59)70(72-67(81-49-19-15-11-7-3)25-22-26-68(72)82-50-20-16-12-8-4)64-46-42-60(78-64)56(58-40-44-62(69)76-58)38-32-52-29-35-54(74)36-30-52/h21-30,33-36,39-46,75,78H,5-20,47-50,73-74H2,1-4H3. The van der Waals surface area contributed by atoms with Crippen molar-refractivity contribution in [2.24, 2.45) is 0 Å². The van der Waals surface area contributed by atoms with E-state index in [4.69, 9.17) is 40.4 Å². The third-order valence-corrected chi connectivity index (χ3v) is 14.7. The number of nitrogens with zero attached hydrogens (tertiary/aromatic N) is 2. The molecule has 2 aliphatic rings. The lowest BCUT2D eigenvalue weighted by atomic mass is 10.0. The fourth-order valence-corrected chi connectivity index (χ4v) is 10.2. The number of ether oxygens (including phenoxy) is 4. The fourth-order valence-electron chi connectivity index (χ4n) is 10.2. The van der Waals surface area contributed by atoms with Gasteiger partial charge in [-0.1, -0.05) is 141 Å². The summed E-state index contributed by atoms with van der Waals surface area (Å²) in [7, 11) is 0. The zero-order valence-electron chi connectivity index (χ0n) is 48.5. The molecule has 6 N–H and O–H groups in total. The van der Waals surface area contributed by atoms with E-state index in [2.05, 4.69) is 110 Å². The minimum Gasteiger partial charge on any atom is -0.493 e. The van der Waals surface area contributed by atoms with Crippen LogP contribution in [0, 0.1) is 23.7 Å². The van der Waals surface area contributed by atoms with Gasteiger partial charge in [-0.3, -0.25) is 0 Å². The number of aromatic amines is 2. The number of nitrogen functional groups attached to an aromatic ring is 2. The Hall–Kier alpha value is -8.60. The molecule has 0 saturated heterocycles. The van der Waals surface area contributed by atoms with E-state index in [9.17, 15) is 0 Å². The van der Waals surface area contributed by atoms with Crippen LogP contribution in [0.2, 0.25) is 0 Å². The van der Waals surface area contributed by atoms with Crippen molar-refractivity contribution in [1.29, 1.82) is 0 Å². The first-order valence-corrected chi connectivity index (χ1v) is 30.0. The third-order valence-electron chi connectivity index (χ3n) is 14.7. The van der Waals surface area contributed by atoms with Gasteiger partial charge in [0.25, 0.3) is 0 Å². The first-order valence-electron chi connectivity index (χ1n) is 30.0. The number of hydrogen-bond acceptors (Lipinski definition) is 8. The molecule has 9 rings (SSSR count). The van der Waals surface area contributed by atoms with Crippen molar-refractivity contribution in [3.8, 4) is 68.9 Å². The summed E-state index contributed by atoms with van der Waals surface area (Å²) in [6.07, 6.45) is 25.5. The summed E-state index contributed by atoms with van der Waals surface area (Å²) in [5.74, 6) is 17.0. The summed E-state index contributed by atoms with van der Waals surface area (Å²) < 4.78 is 27.3. The van der Waals surface area contributed by atoms with E-state index >= 15 is 0 Å². The molecular formula is C72H80N6O4. The van der Waals surface area contributed by atoms with Crippen molar-refractivity contribution >= 4 is 57.7 Å². The quantitative estimate of drug-likeness (QED) is 0.0238. The molecule has 0 unspecified atom stereocenters. The molecule has 8 bridgehead atoms. The monoisotopic (exact) mass is 1090 g/mol. The molecular weight excluding hydrogens is 1010 g/mol. The molecule has 10 nitrogen and oxygen atoms in total. The van der Waals surface area contributed by atoms with Gasteiger partial charge in [0, 0.05) is 44.7 Å². The SMILES string of the molecule is CCCCCCOc1cccc(OCCCCCC)c1-c1c2nc(c(C#Cc3ccc(N)cc3)c3ccc([nH]3)c(-c3c(OCCCCCC)cccc3OCCCCCC)c3nc(c(C#Cc4ccc(N)cc4)c4ccc1[nH]4)C=C3)C=C2. The average Bonchev–Trinajstić information content (AvgIpc) is 4.39. The number of nitrogens with one attached hydrogen (secondary N) is 2. The largest absolute Gasteiger partial charge is 0.493 e. The minimum atomic E-state index is 0.564. The van der Waals surface area contributed by atoms with E-state index < -0.39 is 0 Å². The maximum Gasteiger partial charge on any atom is 0.131 e. The molecule has 2 aliphatic heterocycles. The summed E-state index contributed by atoms with van der Waals surface area (Å²) in [6.45, 7) is 11.2. The molecule has 0 saturated carbocycles. The number of anilines is 2. The number of unbranched alkanes of at least 4 members (excludes halogenated alkanes) is 12. The lowest BCUT2D eigenvalue weighted by Gasteiger charge is -2.18. The van der Waals surface area contributed by atoms with Crippen LogP contribution in [0.1, 0.15) is 175 Å². The van der Waals surface area contributed by atoms with Crippen LogP contribution in [0.5, 0.6) is 23.0 Å². The van der Waals surface area contributed by atoms with Crippen LogP contribution in [-0.2, 0) is 0 Å². The number of aromatic nitrogens is 4. The molecule has 5 heterocycles. The van der Waals surface area contributed by atoms with E-state index in [1.807, 2.05) is 84.9 Å². The Morgan fingerprint density at radius 2 is 0.659 bits per heavy atom. The Bertz CT molecular complexity index is 3330. The smallest absolute Gasteiger partial charge is 0.131 e. The molecule has 0 aliphatic carbocycles. The van der Waals surface area contributed by atoms with E-state index in [-0.39, 0.29) is 0 Å². The van der Waals surface area contributed by atoms with Gasteiger partial charge in [0.05, 0.1) is 82.5 Å². The molecule has 10 heteroatoms. The second-order valence-electron chi connectivity index (χ2n) is 21.1. The number of hydrogen-bond donors (Lipinski definition) is 4. The van der Waals surface area contributed by atoms with Gasteiger partial charge in [-0.25, -0.2) is 9.97 Å². The van der Waals surface area contributed by atoms with Crippen LogP contribution < -0.4 is 30.4 Å². The Morgan fingerprint density at radius 1 is 0.341 bits per heavy atom. The first-order chi connectivity index (χ1) is 40.3. The summed E-state index contributed by atoms with van der Waals surface area (Å²) >= 11 is 0. The van der Waals surface area contributed by atoms with E-state index in [1.165, 1.54) is 0 Å². The molecule has 82 heavy (non-hydrogen) atoms. The molecule has 422 valence electrons. The van der Waals surface area contributed by atoms with Crippen molar-refractivity contribution in [1.82, 2.24) is 19.9 Å². The number of rotatable bonds is 26. The molecule has 7 aromatic rings. The molecule has 0 spiro atoms. The van der Waals surface area contributed by atoms with Crippen LogP contribution in [0.3, 0.4) is 0 Å². The molecule has 3 aromatic heterocycles. The highest BCUT2D eigenvalue weighted by molar-refractivity contribution is 5.99. The molecule has 0 atom stereocenters. The highest BCUT2D eigenvalue weighted by Gasteiger charge is 2.24. The molecule has 0 fully saturated rings. The van der Waals surface area contributed by atoms with Crippen LogP contribution >= 0.6 is 0 Å². The summed E-state index contributed by atoms with van der Waals surface area (Å²) in [5, 5.41) is 0. The van der Waals surface area contributed by atoms with Crippen LogP contribution in [0.15, 0.2) is 109 Å². The van der Waals surface area contributed by atoms with Crippen LogP contribution in [0.4, 0.5) is 11.4 Å². The molecule has 4 aromatic carbocycles. The normalized spacial score (nSPS) is 11.5. The Morgan fingerprint density at radius 3 is 0.988 bits per heavy atom. The highest BCUT2D eigenvalue weighted by atomic mass is 16.5. The van der Waals surface area contributed by atoms with E-state index in [1.54, 1.807) is 0 Å². The van der Waals surface area contributed by atoms with Crippen molar-refractivity contribution in [2.45, 2.75) is 130 Å². The zero-order valence-corrected chi connectivity index (χ0v) is 48.5. The minimum absolute atomic E-state index is 0.564. The van der Waals surface area contributed by atoms with Crippen molar-refractivity contribution in [3.05, 3.63) is 154 Å². The summed E-state index contributed by atoms with van der Waals surface area (Å²) in [5.41, 5.74) is 26.0. The van der Waals surface area contributed by atoms with Crippen molar-refractivity contribution < 1.29 is 18.9 Å². The van der Waals surface area contributed by atoms with E-state index in [0.29, 0.717) is 71.7 Å². The Labute approximate surface area is 485 Å². The lowest BCUT2D eigenvalue weighted by molar-refractivity contribution is 0.292. The average molecular weight is 1090 g/mol. The fraction of sp³-hybridized carbons (Fsp3) is 0.333. The zero-order chi connectivity index (χ0) is 56.9. The van der Waals surface area contributed by atoms with Crippen molar-refractivity contribution in [3.63, 3.8) is 0 Å². The molecule has 0 radical (unpaired) electrons. The number of benzene rings is 4. The van der Waals surface area contributed by atoms with Gasteiger partial charge in [-0.2, -0.15) is 0 Å². The molecule has 0 amide bonds. The maximum atomic E-state index is 6.82. The Kier molecular flexibility index (Phi) is 21.1. The second kappa shape index (κ2) is 29.7. The van der Waals surface area contributed by atoms with E-state index in [0.717, 1.165) is 181 Å². The number of nitrogens with two attached hydrogens (primary N) is 2. The Balaban J connectivity index is 1.37. The van der Waals surface area contributed by atoms with Gasteiger partial charge in [0.15, 0.2) is 0 Å². The van der Waals surface area contributed by atoms with Gasteiger partial charge in [0.1, 0.15) is 23.0 Å². The highest BCUT2D eigenvalue weighted by Crippen LogP contribution is 2.45. The topological polar surface area (TPSA) is 146 Å². The van der Waals surface area contributed by atoms with Gasteiger partial charge >= 0.3 is 0 Å². The summed E-state index contributed by atoms with van der Waals surface area (Å²) in [6, 6.07) is 35.9. The predicted molar refractivity (Wildman–Crippen MR) is 342 cm³/mol. The predicted octanol–water partition coefficient (Wildman–Crippen LogP) is 17.8. The van der Waals surface area contributed by atoms with Gasteiger partial charge in [-0.05, 0) is 147 Å². The van der Waals surface area contributed by atoms with Gasteiger partial charge < -0.3 is 40.4 Å². The first kappa shape index (κ1) is 58.1. The van der Waals surface area contributed by atoms with Crippen LogP contribution in [0.25, 0.3) is 68.6 Å². The third kappa shape index (κ3) is 15.0. The maximum absolute atomic E-state index is 6.82.